The topological polar surface area (TPSA) is 57.8 Å². The highest BCUT2D eigenvalue weighted by Crippen LogP contribution is 2.65. The Morgan fingerprint density at radius 3 is 2.73 bits per heavy atom. The second kappa shape index (κ2) is 6.08. The minimum atomic E-state index is 0.221. The van der Waals surface area contributed by atoms with Gasteiger partial charge in [-0.15, -0.1) is 0 Å². The third-order valence-corrected chi connectivity index (χ3v) is 7.70. The lowest BCUT2D eigenvalue weighted by Gasteiger charge is -2.60. The molecule has 4 aliphatic carbocycles. The second-order valence-corrected chi connectivity index (χ2v) is 10.8. The summed E-state index contributed by atoms with van der Waals surface area (Å²) >= 11 is 4.04. The normalized spacial score (nSPS) is 35.1. The Labute approximate surface area is 162 Å². The van der Waals surface area contributed by atoms with E-state index in [4.69, 9.17) is 0 Å². The van der Waals surface area contributed by atoms with Gasteiger partial charge in [0.25, 0.3) is 0 Å². The van der Waals surface area contributed by atoms with Crippen molar-refractivity contribution in [2.45, 2.75) is 55.7 Å². The number of nitrogens with one attached hydrogen (secondary N) is 2. The zero-order chi connectivity index (χ0) is 17.8. The van der Waals surface area contributed by atoms with Gasteiger partial charge in [0.05, 0.1) is 11.0 Å². The van der Waals surface area contributed by atoms with E-state index in [9.17, 15) is 4.79 Å². The fraction of sp³-hybridized carbons (Fsp3) is 0.619. The Balaban J connectivity index is 1.18. The molecule has 0 aliphatic heterocycles. The molecule has 6 rings (SSSR count). The summed E-state index contributed by atoms with van der Waals surface area (Å²) in [6.45, 7) is 0.654. The van der Waals surface area contributed by atoms with Crippen molar-refractivity contribution < 1.29 is 4.79 Å². The molecule has 1 amide bonds. The molecule has 0 spiro atoms. The number of halogens is 1. The molecule has 0 radical (unpaired) electrons. The molecule has 4 aliphatic rings. The summed E-state index contributed by atoms with van der Waals surface area (Å²) in [6, 6.07) is 8.05. The largest absolute Gasteiger partial charge is 0.356 e. The number of imidazole rings is 1. The van der Waals surface area contributed by atoms with E-state index >= 15 is 0 Å². The van der Waals surface area contributed by atoms with Crippen LogP contribution in [0.25, 0.3) is 11.0 Å². The SMILES string of the molecule is O=C(CC12CC3CC(CC(Br)(C3)C1)C2)NCCc1nc2ccccc2[nH]1. The Morgan fingerprint density at radius 2 is 2.00 bits per heavy atom. The van der Waals surface area contributed by atoms with Crippen molar-refractivity contribution in [3.63, 3.8) is 0 Å². The summed E-state index contributed by atoms with van der Waals surface area (Å²) in [4.78, 5) is 20.6. The number of fused-ring (bicyclic) bond motifs is 1. The lowest BCUT2D eigenvalue weighted by Crippen LogP contribution is -2.54. The van der Waals surface area contributed by atoms with Crippen molar-refractivity contribution in [3.8, 4) is 0 Å². The first-order valence-corrected chi connectivity index (χ1v) is 10.7. The number of H-pyrrole nitrogens is 1. The monoisotopic (exact) mass is 415 g/mol. The van der Waals surface area contributed by atoms with Crippen LogP contribution in [-0.2, 0) is 11.2 Å². The van der Waals surface area contributed by atoms with E-state index in [2.05, 4.69) is 31.2 Å². The van der Waals surface area contributed by atoms with E-state index in [1.807, 2.05) is 24.3 Å². The molecule has 2 N–H and O–H groups in total. The van der Waals surface area contributed by atoms with Crippen LogP contribution in [0.4, 0.5) is 0 Å². The van der Waals surface area contributed by atoms with Crippen LogP contribution in [0, 0.1) is 17.3 Å². The van der Waals surface area contributed by atoms with Crippen LogP contribution in [0.15, 0.2) is 24.3 Å². The minimum absolute atomic E-state index is 0.221. The van der Waals surface area contributed by atoms with Crippen LogP contribution >= 0.6 is 15.9 Å². The number of carbonyl (C=O) groups excluding carboxylic acids is 1. The number of hydrogen-bond donors (Lipinski definition) is 2. The number of amides is 1. The maximum absolute atomic E-state index is 12.6. The number of alkyl halides is 1. The van der Waals surface area contributed by atoms with Crippen LogP contribution in [0.5, 0.6) is 0 Å². The fourth-order valence-corrected chi connectivity index (χ4v) is 7.90. The lowest BCUT2D eigenvalue weighted by atomic mass is 9.48. The Bertz CT molecular complexity index is 798. The van der Waals surface area contributed by atoms with Gasteiger partial charge in [-0.25, -0.2) is 4.98 Å². The summed E-state index contributed by atoms with van der Waals surface area (Å²) in [7, 11) is 0. The van der Waals surface area contributed by atoms with Gasteiger partial charge in [-0.05, 0) is 67.9 Å². The number of hydrogen-bond acceptors (Lipinski definition) is 2. The van der Waals surface area contributed by atoms with E-state index in [0.717, 1.165) is 35.1 Å². The van der Waals surface area contributed by atoms with Crippen molar-refractivity contribution >= 4 is 32.9 Å². The van der Waals surface area contributed by atoms with Gasteiger partial charge in [-0.2, -0.15) is 0 Å². The van der Waals surface area contributed by atoms with Gasteiger partial charge < -0.3 is 10.3 Å². The smallest absolute Gasteiger partial charge is 0.220 e. The first-order chi connectivity index (χ1) is 12.5. The molecule has 2 aromatic rings. The third-order valence-electron chi connectivity index (χ3n) is 6.77. The average Bonchev–Trinajstić information content (AvgIpc) is 2.94. The van der Waals surface area contributed by atoms with Crippen molar-refractivity contribution in [1.29, 1.82) is 0 Å². The Morgan fingerprint density at radius 1 is 1.23 bits per heavy atom. The Hall–Kier alpha value is -1.36. The zero-order valence-corrected chi connectivity index (χ0v) is 16.6. The van der Waals surface area contributed by atoms with Crippen LogP contribution < -0.4 is 5.32 Å². The number of aromatic amines is 1. The summed E-state index contributed by atoms with van der Waals surface area (Å²) in [5.74, 6) is 2.83. The van der Waals surface area contributed by atoms with Crippen molar-refractivity contribution in [3.05, 3.63) is 30.1 Å². The number of benzene rings is 1. The molecule has 138 valence electrons. The van der Waals surface area contributed by atoms with Crippen LogP contribution in [-0.4, -0.2) is 26.7 Å². The molecule has 5 heteroatoms. The van der Waals surface area contributed by atoms with Gasteiger partial charge in [0.15, 0.2) is 0 Å². The predicted octanol–water partition coefficient (Wildman–Crippen LogP) is 4.35. The molecule has 1 aromatic carbocycles. The molecular formula is C21H26BrN3O. The number of para-hydroxylation sites is 2. The summed E-state index contributed by atoms with van der Waals surface area (Å²) in [5, 5.41) is 3.15. The molecule has 1 aromatic heterocycles. The van der Waals surface area contributed by atoms with Gasteiger partial charge in [-0.3, -0.25) is 4.79 Å². The molecular weight excluding hydrogens is 390 g/mol. The Kier molecular flexibility index (Phi) is 3.93. The molecule has 4 fully saturated rings. The van der Waals surface area contributed by atoms with Gasteiger partial charge >= 0.3 is 0 Å². The van der Waals surface area contributed by atoms with Crippen molar-refractivity contribution in [1.82, 2.24) is 15.3 Å². The van der Waals surface area contributed by atoms with Crippen molar-refractivity contribution in [2.24, 2.45) is 17.3 Å². The van der Waals surface area contributed by atoms with Gasteiger partial charge in [0, 0.05) is 23.7 Å². The van der Waals surface area contributed by atoms with Gasteiger partial charge in [0.1, 0.15) is 5.82 Å². The van der Waals surface area contributed by atoms with E-state index in [1.165, 1.54) is 38.5 Å². The highest BCUT2D eigenvalue weighted by Gasteiger charge is 2.57. The van der Waals surface area contributed by atoms with Crippen molar-refractivity contribution in [2.75, 3.05) is 6.54 Å². The fourth-order valence-electron chi connectivity index (χ4n) is 6.39. The zero-order valence-electron chi connectivity index (χ0n) is 15.1. The number of aromatic nitrogens is 2. The molecule has 4 saturated carbocycles. The third kappa shape index (κ3) is 3.08. The molecule has 1 heterocycles. The summed E-state index contributed by atoms with van der Waals surface area (Å²) in [5.41, 5.74) is 2.30. The number of nitrogens with zero attached hydrogens (tertiary/aromatic N) is 1. The average molecular weight is 416 g/mol. The highest BCUT2D eigenvalue weighted by atomic mass is 79.9. The van der Waals surface area contributed by atoms with Crippen LogP contribution in [0.1, 0.15) is 50.8 Å². The maximum atomic E-state index is 12.6. The predicted molar refractivity (Wildman–Crippen MR) is 106 cm³/mol. The number of rotatable bonds is 5. The summed E-state index contributed by atoms with van der Waals surface area (Å²) < 4.78 is 0.325. The maximum Gasteiger partial charge on any atom is 0.220 e. The molecule has 2 atom stereocenters. The first-order valence-electron chi connectivity index (χ1n) is 9.90. The quantitative estimate of drug-likeness (QED) is 0.713. The van der Waals surface area contributed by atoms with Crippen LogP contribution in [0.2, 0.25) is 0 Å². The molecule has 4 bridgehead atoms. The standard InChI is InChI=1S/C21H26BrN3O/c22-21-10-14-7-15(11-21)9-20(8-14,13-21)12-19(26)23-6-5-18-24-16-3-1-2-4-17(16)25-18/h1-4,14-15H,5-13H2,(H,23,26)(H,24,25). The molecule has 0 saturated heterocycles. The van der Waals surface area contributed by atoms with Gasteiger partial charge in [0.2, 0.25) is 5.91 Å². The lowest BCUT2D eigenvalue weighted by molar-refractivity contribution is -0.128. The van der Waals surface area contributed by atoms with E-state index in [-0.39, 0.29) is 11.3 Å². The van der Waals surface area contributed by atoms with Gasteiger partial charge in [-0.1, -0.05) is 28.1 Å². The highest BCUT2D eigenvalue weighted by molar-refractivity contribution is 9.10. The van der Waals surface area contributed by atoms with Crippen LogP contribution in [0.3, 0.4) is 0 Å². The molecule has 4 nitrogen and oxygen atoms in total. The first kappa shape index (κ1) is 16.8. The number of carbonyl (C=O) groups is 1. The molecule has 26 heavy (non-hydrogen) atoms. The van der Waals surface area contributed by atoms with E-state index in [0.29, 0.717) is 17.3 Å². The van der Waals surface area contributed by atoms with E-state index in [1.54, 1.807) is 0 Å². The molecule has 2 unspecified atom stereocenters. The second-order valence-electron chi connectivity index (χ2n) is 9.09. The summed E-state index contributed by atoms with van der Waals surface area (Å²) in [6.07, 6.45) is 9.18. The van der Waals surface area contributed by atoms with E-state index < -0.39 is 0 Å². The minimum Gasteiger partial charge on any atom is -0.356 e.